The second-order valence-electron chi connectivity index (χ2n) is 6.21. The number of ether oxygens (including phenoxy) is 1. The van der Waals surface area contributed by atoms with E-state index in [1.807, 2.05) is 49.6 Å². The Balaban J connectivity index is 1.78. The lowest BCUT2D eigenvalue weighted by molar-refractivity contribution is 0.372. The van der Waals surface area contributed by atoms with Gasteiger partial charge in [-0.05, 0) is 12.1 Å². The summed E-state index contributed by atoms with van der Waals surface area (Å²) in [6.45, 7) is 6.15. The van der Waals surface area contributed by atoms with Crippen molar-refractivity contribution in [2.75, 3.05) is 7.11 Å². The molecule has 1 aromatic carbocycles. The van der Waals surface area contributed by atoms with Crippen molar-refractivity contribution in [2.45, 2.75) is 37.1 Å². The van der Waals surface area contributed by atoms with Gasteiger partial charge in [-0.15, -0.1) is 10.2 Å². The van der Waals surface area contributed by atoms with Crippen molar-refractivity contribution < 1.29 is 9.26 Å². The number of benzene rings is 1. The van der Waals surface area contributed by atoms with Gasteiger partial charge in [-0.3, -0.25) is 4.57 Å². The minimum atomic E-state index is -0.135. The maximum absolute atomic E-state index is 5.40. The minimum absolute atomic E-state index is 0.135. The van der Waals surface area contributed by atoms with Gasteiger partial charge in [-0.1, -0.05) is 49.8 Å². The quantitative estimate of drug-likeness (QED) is 0.657. The van der Waals surface area contributed by atoms with E-state index in [0.29, 0.717) is 17.5 Å². The van der Waals surface area contributed by atoms with Crippen LogP contribution in [0.1, 0.15) is 32.5 Å². The van der Waals surface area contributed by atoms with Crippen molar-refractivity contribution in [1.29, 1.82) is 0 Å². The highest BCUT2D eigenvalue weighted by Gasteiger charge is 2.21. The SMILES string of the molecule is COc1ccccc1-n1cnnc1SCc1nc(C(C)(C)C)no1. The molecule has 3 rings (SSSR count). The predicted octanol–water partition coefficient (Wildman–Crippen LogP) is 3.25. The molecule has 0 aliphatic carbocycles. The van der Waals surface area contributed by atoms with Crippen LogP contribution in [0.25, 0.3) is 5.69 Å². The molecule has 0 fully saturated rings. The van der Waals surface area contributed by atoms with E-state index >= 15 is 0 Å². The number of para-hydroxylation sites is 2. The van der Waals surface area contributed by atoms with Crippen LogP contribution in [0, 0.1) is 0 Å². The van der Waals surface area contributed by atoms with E-state index in [4.69, 9.17) is 9.26 Å². The number of aromatic nitrogens is 5. The standard InChI is InChI=1S/C16H19N5O2S/c1-16(2,3)14-18-13(23-20-14)9-24-15-19-17-10-21(15)11-7-5-6-8-12(11)22-4/h5-8,10H,9H2,1-4H3. The Morgan fingerprint density at radius 3 is 2.75 bits per heavy atom. The van der Waals surface area contributed by atoms with Gasteiger partial charge in [0.15, 0.2) is 11.0 Å². The Hall–Kier alpha value is -2.35. The van der Waals surface area contributed by atoms with Crippen LogP contribution in [-0.4, -0.2) is 32.0 Å². The van der Waals surface area contributed by atoms with Gasteiger partial charge < -0.3 is 9.26 Å². The van der Waals surface area contributed by atoms with Gasteiger partial charge in [-0.2, -0.15) is 4.98 Å². The van der Waals surface area contributed by atoms with Gasteiger partial charge in [0.2, 0.25) is 5.89 Å². The largest absolute Gasteiger partial charge is 0.495 e. The fourth-order valence-corrected chi connectivity index (χ4v) is 2.82. The molecule has 0 radical (unpaired) electrons. The molecule has 3 aromatic rings. The Bertz CT molecular complexity index is 822. The summed E-state index contributed by atoms with van der Waals surface area (Å²) in [5.74, 6) is 2.55. The van der Waals surface area contributed by atoms with Crippen LogP contribution in [0.4, 0.5) is 0 Å². The lowest BCUT2D eigenvalue weighted by Crippen LogP contribution is -2.13. The molecule has 126 valence electrons. The van der Waals surface area contributed by atoms with Gasteiger partial charge in [0, 0.05) is 5.41 Å². The van der Waals surface area contributed by atoms with E-state index in [2.05, 4.69) is 20.3 Å². The van der Waals surface area contributed by atoms with Crippen LogP contribution in [0.2, 0.25) is 0 Å². The van der Waals surface area contributed by atoms with Crippen LogP contribution in [0.15, 0.2) is 40.3 Å². The van der Waals surface area contributed by atoms with Crippen LogP contribution < -0.4 is 4.74 Å². The van der Waals surface area contributed by atoms with Crippen molar-refractivity contribution in [3.8, 4) is 11.4 Å². The molecular weight excluding hydrogens is 326 g/mol. The zero-order chi connectivity index (χ0) is 17.2. The first-order valence-electron chi connectivity index (χ1n) is 7.48. The van der Waals surface area contributed by atoms with E-state index < -0.39 is 0 Å². The third-order valence-electron chi connectivity index (χ3n) is 3.32. The first kappa shape index (κ1) is 16.5. The Labute approximate surface area is 144 Å². The number of rotatable bonds is 5. The zero-order valence-corrected chi connectivity index (χ0v) is 14.9. The maximum Gasteiger partial charge on any atom is 0.237 e. The van der Waals surface area contributed by atoms with Gasteiger partial charge in [-0.25, -0.2) is 0 Å². The summed E-state index contributed by atoms with van der Waals surface area (Å²) < 4.78 is 12.6. The number of hydrogen-bond donors (Lipinski definition) is 0. The molecule has 0 atom stereocenters. The average Bonchev–Trinajstić information content (AvgIpc) is 3.21. The minimum Gasteiger partial charge on any atom is -0.495 e. The summed E-state index contributed by atoms with van der Waals surface area (Å²) in [7, 11) is 1.64. The van der Waals surface area contributed by atoms with Gasteiger partial charge >= 0.3 is 0 Å². The highest BCUT2D eigenvalue weighted by atomic mass is 32.2. The number of methoxy groups -OCH3 is 1. The number of hydrogen-bond acceptors (Lipinski definition) is 7. The number of thioether (sulfide) groups is 1. The monoisotopic (exact) mass is 345 g/mol. The molecule has 0 unspecified atom stereocenters. The van der Waals surface area contributed by atoms with Crippen molar-refractivity contribution >= 4 is 11.8 Å². The summed E-state index contributed by atoms with van der Waals surface area (Å²) in [6, 6.07) is 7.72. The van der Waals surface area contributed by atoms with Gasteiger partial charge in [0.05, 0.1) is 18.6 Å². The van der Waals surface area contributed by atoms with Crippen LogP contribution in [0.5, 0.6) is 5.75 Å². The second kappa shape index (κ2) is 6.64. The Morgan fingerprint density at radius 1 is 1.25 bits per heavy atom. The van der Waals surface area contributed by atoms with Crippen molar-refractivity contribution in [3.63, 3.8) is 0 Å². The predicted molar refractivity (Wildman–Crippen MR) is 90.5 cm³/mol. The summed E-state index contributed by atoms with van der Waals surface area (Å²) in [6.07, 6.45) is 1.66. The molecule has 0 saturated heterocycles. The van der Waals surface area contributed by atoms with Crippen molar-refractivity contribution in [2.24, 2.45) is 0 Å². The molecule has 2 aromatic heterocycles. The maximum atomic E-state index is 5.40. The third-order valence-corrected chi connectivity index (χ3v) is 4.25. The first-order chi connectivity index (χ1) is 11.5. The molecule has 0 N–H and O–H groups in total. The smallest absolute Gasteiger partial charge is 0.237 e. The Kier molecular flexibility index (Phi) is 4.57. The molecule has 0 spiro atoms. The van der Waals surface area contributed by atoms with Crippen LogP contribution in [0.3, 0.4) is 0 Å². The average molecular weight is 345 g/mol. The molecule has 2 heterocycles. The molecule has 24 heavy (non-hydrogen) atoms. The highest BCUT2D eigenvalue weighted by Crippen LogP contribution is 2.28. The van der Waals surface area contributed by atoms with Crippen LogP contribution in [-0.2, 0) is 11.2 Å². The van der Waals surface area contributed by atoms with E-state index in [1.165, 1.54) is 11.8 Å². The lowest BCUT2D eigenvalue weighted by Gasteiger charge is -2.11. The van der Waals surface area contributed by atoms with E-state index in [9.17, 15) is 0 Å². The molecular formula is C16H19N5O2S. The topological polar surface area (TPSA) is 78.9 Å². The van der Waals surface area contributed by atoms with E-state index in [0.717, 1.165) is 16.6 Å². The number of nitrogens with zero attached hydrogens (tertiary/aromatic N) is 5. The molecule has 8 heteroatoms. The summed E-state index contributed by atoms with van der Waals surface area (Å²) >= 11 is 1.48. The van der Waals surface area contributed by atoms with Crippen LogP contribution >= 0.6 is 11.8 Å². The lowest BCUT2D eigenvalue weighted by atomic mass is 9.96. The van der Waals surface area contributed by atoms with E-state index in [-0.39, 0.29) is 5.41 Å². The second-order valence-corrected chi connectivity index (χ2v) is 7.15. The van der Waals surface area contributed by atoms with Gasteiger partial charge in [0.1, 0.15) is 12.1 Å². The Morgan fingerprint density at radius 2 is 2.04 bits per heavy atom. The fraction of sp³-hybridized carbons (Fsp3) is 0.375. The molecule has 0 saturated carbocycles. The van der Waals surface area contributed by atoms with Gasteiger partial charge in [0.25, 0.3) is 0 Å². The molecule has 0 aliphatic heterocycles. The zero-order valence-electron chi connectivity index (χ0n) is 14.1. The molecule has 0 amide bonds. The third kappa shape index (κ3) is 3.43. The van der Waals surface area contributed by atoms with E-state index in [1.54, 1.807) is 13.4 Å². The van der Waals surface area contributed by atoms with Crippen molar-refractivity contribution in [3.05, 3.63) is 42.3 Å². The normalized spacial score (nSPS) is 11.7. The highest BCUT2D eigenvalue weighted by molar-refractivity contribution is 7.98. The fourth-order valence-electron chi connectivity index (χ4n) is 2.06. The molecule has 7 nitrogen and oxygen atoms in total. The molecule has 0 bridgehead atoms. The van der Waals surface area contributed by atoms with Crippen molar-refractivity contribution in [1.82, 2.24) is 24.9 Å². The summed E-state index contributed by atoms with van der Waals surface area (Å²) in [5.41, 5.74) is 0.748. The first-order valence-corrected chi connectivity index (χ1v) is 8.47. The summed E-state index contributed by atoms with van der Waals surface area (Å²) in [4.78, 5) is 4.44. The summed E-state index contributed by atoms with van der Waals surface area (Å²) in [5, 5.41) is 12.9. The molecule has 0 aliphatic rings.